The van der Waals surface area contributed by atoms with Gasteiger partial charge in [0.2, 0.25) is 0 Å². The zero-order valence-corrected chi connectivity index (χ0v) is 27.3. The van der Waals surface area contributed by atoms with E-state index in [-0.39, 0.29) is 22.7 Å². The number of benzene rings is 4. The van der Waals surface area contributed by atoms with Gasteiger partial charge < -0.3 is 20.4 Å². The van der Waals surface area contributed by atoms with Crippen molar-refractivity contribution in [2.24, 2.45) is 0 Å². The van der Waals surface area contributed by atoms with E-state index in [0.29, 0.717) is 17.1 Å². The van der Waals surface area contributed by atoms with Gasteiger partial charge in [0.05, 0.1) is 0 Å². The molecule has 0 amide bonds. The summed E-state index contributed by atoms with van der Waals surface area (Å²) in [6.07, 6.45) is 1.09. The predicted octanol–water partition coefficient (Wildman–Crippen LogP) is 9.25. The Morgan fingerprint density at radius 2 is 0.976 bits per heavy atom. The molecule has 0 atom stereocenters. The summed E-state index contributed by atoms with van der Waals surface area (Å²) in [6, 6.07) is 19.2. The topological polar surface area (TPSA) is 80.9 Å². The van der Waals surface area contributed by atoms with Gasteiger partial charge in [-0.25, -0.2) is 0 Å². The van der Waals surface area contributed by atoms with Crippen LogP contribution in [0.4, 0.5) is 0 Å². The molecule has 0 aromatic heterocycles. The van der Waals surface area contributed by atoms with Crippen molar-refractivity contribution in [2.45, 2.75) is 90.9 Å². The Bertz CT molecular complexity index is 1580. The number of aromatic hydroxyl groups is 4. The van der Waals surface area contributed by atoms with Crippen LogP contribution in [-0.4, -0.2) is 20.4 Å². The maximum absolute atomic E-state index is 11.1. The second kappa shape index (κ2) is 12.7. The van der Waals surface area contributed by atoms with E-state index < -0.39 is 5.41 Å². The van der Waals surface area contributed by atoms with E-state index in [9.17, 15) is 20.4 Å². The average molecular weight is 587 g/mol. The number of rotatable bonds is 7. The van der Waals surface area contributed by atoms with Crippen molar-refractivity contribution in [1.29, 1.82) is 0 Å². The molecular formula is C37H46O4S. The fourth-order valence-corrected chi connectivity index (χ4v) is 5.62. The van der Waals surface area contributed by atoms with Crippen LogP contribution in [0.15, 0.2) is 65.6 Å². The summed E-state index contributed by atoms with van der Waals surface area (Å²) >= 11 is 4.40. The molecule has 0 saturated carbocycles. The molecule has 0 heterocycles. The van der Waals surface area contributed by atoms with Gasteiger partial charge in [0.25, 0.3) is 0 Å². The lowest BCUT2D eigenvalue weighted by Crippen LogP contribution is -2.20. The first-order valence-corrected chi connectivity index (χ1v) is 15.1. The molecule has 0 fully saturated rings. The van der Waals surface area contributed by atoms with Crippen LogP contribution in [0.5, 0.6) is 23.0 Å². The van der Waals surface area contributed by atoms with Crippen LogP contribution in [0.1, 0.15) is 98.5 Å². The molecule has 4 aromatic carbocycles. The monoisotopic (exact) mass is 586 g/mol. The van der Waals surface area contributed by atoms with Gasteiger partial charge in [0.15, 0.2) is 0 Å². The first-order valence-electron chi connectivity index (χ1n) is 14.7. The van der Waals surface area contributed by atoms with Gasteiger partial charge >= 0.3 is 0 Å². The van der Waals surface area contributed by atoms with E-state index in [1.54, 1.807) is 12.1 Å². The maximum atomic E-state index is 11.1. The molecule has 42 heavy (non-hydrogen) atoms. The van der Waals surface area contributed by atoms with Crippen LogP contribution in [0.2, 0.25) is 0 Å². The van der Waals surface area contributed by atoms with Crippen molar-refractivity contribution in [3.8, 4) is 23.0 Å². The van der Waals surface area contributed by atoms with Crippen LogP contribution in [0.3, 0.4) is 0 Å². The molecule has 0 aliphatic heterocycles. The molecule has 0 aliphatic carbocycles. The van der Waals surface area contributed by atoms with Crippen molar-refractivity contribution in [3.05, 3.63) is 111 Å². The number of thiol groups is 1. The molecule has 5 heteroatoms. The Morgan fingerprint density at radius 1 is 0.571 bits per heavy atom. The molecule has 0 bridgehead atoms. The SMILES string of the molecule is CC.CCc1cc(C(C)(C)c2cc(C)c(O)c(Cc3cc(C(C)(C)c4ccc(O)c(S)c4)cc(C)c3O)c2)ccc1O. The Labute approximate surface area is 257 Å². The maximum Gasteiger partial charge on any atom is 0.128 e. The Hall–Kier alpha value is -3.57. The summed E-state index contributed by atoms with van der Waals surface area (Å²) in [5, 5.41) is 42.4. The van der Waals surface area contributed by atoms with Crippen LogP contribution < -0.4 is 0 Å². The normalized spacial score (nSPS) is 11.7. The number of aryl methyl sites for hydroxylation is 3. The fourth-order valence-electron chi connectivity index (χ4n) is 5.40. The standard InChI is InChI=1S/C35H40O4S.C2H6/c1-8-22-16-25(9-11-29(22)36)34(4,5)27-13-20(2)32(38)23(17-27)15-24-18-28(14-21(3)33(24)39)35(6,7)26-10-12-30(37)31(40)19-26;1-2/h9-14,16-19,36-40H,8,15H2,1-7H3;1-2H3. The third-order valence-corrected chi connectivity index (χ3v) is 8.82. The van der Waals surface area contributed by atoms with Crippen LogP contribution in [-0.2, 0) is 23.7 Å². The molecule has 0 saturated heterocycles. The Balaban J connectivity index is 0.00000237. The molecule has 224 valence electrons. The number of hydrogen-bond donors (Lipinski definition) is 5. The van der Waals surface area contributed by atoms with Crippen LogP contribution >= 0.6 is 12.6 Å². The van der Waals surface area contributed by atoms with E-state index in [4.69, 9.17) is 0 Å². The van der Waals surface area contributed by atoms with Crippen molar-refractivity contribution in [2.75, 3.05) is 0 Å². The minimum absolute atomic E-state index is 0.136. The van der Waals surface area contributed by atoms with Crippen molar-refractivity contribution in [3.63, 3.8) is 0 Å². The molecule has 0 radical (unpaired) electrons. The molecular weight excluding hydrogens is 540 g/mol. The zero-order valence-electron chi connectivity index (χ0n) is 26.4. The highest BCUT2D eigenvalue weighted by molar-refractivity contribution is 7.80. The van der Waals surface area contributed by atoms with Crippen molar-refractivity contribution >= 4 is 12.6 Å². The quantitative estimate of drug-likeness (QED) is 0.140. The van der Waals surface area contributed by atoms with Crippen molar-refractivity contribution in [1.82, 2.24) is 0 Å². The minimum Gasteiger partial charge on any atom is -0.508 e. The van der Waals surface area contributed by atoms with E-state index >= 15 is 0 Å². The average Bonchev–Trinajstić information content (AvgIpc) is 2.95. The Kier molecular flexibility index (Phi) is 10.00. The molecule has 0 aliphatic rings. The zero-order chi connectivity index (χ0) is 31.6. The first kappa shape index (κ1) is 32.9. The summed E-state index contributed by atoms with van der Waals surface area (Å²) in [5.41, 5.74) is 7.24. The highest BCUT2D eigenvalue weighted by Crippen LogP contribution is 2.41. The summed E-state index contributed by atoms with van der Waals surface area (Å²) in [5.74, 6) is 0.876. The highest BCUT2D eigenvalue weighted by atomic mass is 32.1. The lowest BCUT2D eigenvalue weighted by molar-refractivity contribution is 0.457. The summed E-state index contributed by atoms with van der Waals surface area (Å²) in [4.78, 5) is 0.515. The van der Waals surface area contributed by atoms with Gasteiger partial charge in [0, 0.05) is 22.1 Å². The minimum atomic E-state index is -0.421. The largest absolute Gasteiger partial charge is 0.508 e. The first-order chi connectivity index (χ1) is 19.7. The third-order valence-electron chi connectivity index (χ3n) is 8.46. The number of phenolic OH excluding ortho intramolecular Hbond substituents is 4. The fraction of sp³-hybridized carbons (Fsp3) is 0.351. The van der Waals surface area contributed by atoms with E-state index in [0.717, 1.165) is 56.5 Å². The summed E-state index contributed by atoms with van der Waals surface area (Å²) in [7, 11) is 0. The molecule has 0 unspecified atom stereocenters. The second-order valence-corrected chi connectivity index (χ2v) is 12.4. The summed E-state index contributed by atoms with van der Waals surface area (Å²) < 4.78 is 0. The lowest BCUT2D eigenvalue weighted by atomic mass is 9.75. The molecule has 4 nitrogen and oxygen atoms in total. The summed E-state index contributed by atoms with van der Waals surface area (Å²) in [6.45, 7) is 18.3. The van der Waals surface area contributed by atoms with Gasteiger partial charge in [-0.15, -0.1) is 12.6 Å². The predicted molar refractivity (Wildman–Crippen MR) is 177 cm³/mol. The number of phenols is 4. The Morgan fingerprint density at radius 3 is 1.40 bits per heavy atom. The molecule has 0 spiro atoms. The highest BCUT2D eigenvalue weighted by Gasteiger charge is 2.28. The van der Waals surface area contributed by atoms with E-state index in [1.165, 1.54) is 0 Å². The van der Waals surface area contributed by atoms with Gasteiger partial charge in [0.1, 0.15) is 23.0 Å². The van der Waals surface area contributed by atoms with Crippen LogP contribution in [0, 0.1) is 13.8 Å². The molecule has 4 N–H and O–H groups in total. The third kappa shape index (κ3) is 6.42. The molecule has 4 aromatic rings. The van der Waals surface area contributed by atoms with E-state index in [2.05, 4.69) is 46.4 Å². The smallest absolute Gasteiger partial charge is 0.128 e. The van der Waals surface area contributed by atoms with Gasteiger partial charge in [-0.05, 0) is 88.5 Å². The lowest BCUT2D eigenvalue weighted by Gasteiger charge is -2.29. The number of hydrogen-bond acceptors (Lipinski definition) is 5. The van der Waals surface area contributed by atoms with Gasteiger partial charge in [-0.3, -0.25) is 0 Å². The van der Waals surface area contributed by atoms with Gasteiger partial charge in [-0.1, -0.05) is 90.9 Å². The second-order valence-electron chi connectivity index (χ2n) is 11.9. The molecule has 4 rings (SSSR count). The van der Waals surface area contributed by atoms with Crippen molar-refractivity contribution < 1.29 is 20.4 Å². The van der Waals surface area contributed by atoms with Crippen LogP contribution in [0.25, 0.3) is 0 Å². The van der Waals surface area contributed by atoms with E-state index in [1.807, 2.05) is 77.1 Å². The van der Waals surface area contributed by atoms with Gasteiger partial charge in [-0.2, -0.15) is 0 Å².